The minimum atomic E-state index is -3.62. The van der Waals surface area contributed by atoms with Crippen LogP contribution in [0.25, 0.3) is 10.2 Å². The first-order chi connectivity index (χ1) is 18.8. The van der Waals surface area contributed by atoms with Crippen LogP contribution in [0.3, 0.4) is 0 Å². The number of benzene rings is 3. The molecule has 0 bridgehead atoms. The smallest absolute Gasteiger partial charge is 0.262 e. The molecule has 9 nitrogen and oxygen atoms in total. The van der Waals surface area contributed by atoms with Crippen LogP contribution in [-0.2, 0) is 14.8 Å². The molecule has 6 rings (SSSR count). The van der Waals surface area contributed by atoms with E-state index in [0.717, 1.165) is 35.5 Å². The van der Waals surface area contributed by atoms with Gasteiger partial charge in [-0.1, -0.05) is 60.2 Å². The summed E-state index contributed by atoms with van der Waals surface area (Å²) in [5.74, 6) is -1.69. The Bertz CT molecular complexity index is 1680. The van der Waals surface area contributed by atoms with Gasteiger partial charge in [0.25, 0.3) is 17.7 Å². The second-order valence-corrected chi connectivity index (χ2v) is 12.4. The summed E-state index contributed by atoms with van der Waals surface area (Å²) in [6.07, 6.45) is 2.70. The van der Waals surface area contributed by atoms with Crippen LogP contribution in [0.1, 0.15) is 51.6 Å². The lowest BCUT2D eigenvalue weighted by molar-refractivity contribution is -0.120. The monoisotopic (exact) mass is 560 g/mol. The highest BCUT2D eigenvalue weighted by Crippen LogP contribution is 2.34. The predicted octanol–water partition coefficient (Wildman–Crippen LogP) is 4.45. The Labute approximate surface area is 229 Å². The van der Waals surface area contributed by atoms with Crippen molar-refractivity contribution in [1.29, 1.82) is 0 Å². The molecule has 3 heterocycles. The largest absolute Gasteiger partial charge is 0.300 e. The van der Waals surface area contributed by atoms with Crippen LogP contribution in [0.15, 0.2) is 77.7 Å². The molecule has 0 spiro atoms. The van der Waals surface area contributed by atoms with Gasteiger partial charge in [-0.3, -0.25) is 24.6 Å². The van der Waals surface area contributed by atoms with Gasteiger partial charge in [0.1, 0.15) is 6.04 Å². The van der Waals surface area contributed by atoms with Crippen molar-refractivity contribution in [3.8, 4) is 0 Å². The molecule has 0 saturated carbocycles. The molecule has 1 saturated heterocycles. The molecular formula is C28H24N4O5S2. The van der Waals surface area contributed by atoms with Gasteiger partial charge in [0.15, 0.2) is 5.13 Å². The molecule has 4 aromatic rings. The summed E-state index contributed by atoms with van der Waals surface area (Å²) >= 11 is 1.13. The lowest BCUT2D eigenvalue weighted by atomic mass is 10.0. The van der Waals surface area contributed by atoms with Gasteiger partial charge in [-0.2, -0.15) is 4.31 Å². The summed E-state index contributed by atoms with van der Waals surface area (Å²) in [5, 5.41) is 2.99. The van der Waals surface area contributed by atoms with E-state index in [9.17, 15) is 22.8 Å². The van der Waals surface area contributed by atoms with Gasteiger partial charge >= 0.3 is 0 Å². The van der Waals surface area contributed by atoms with Crippen LogP contribution in [-0.4, -0.2) is 53.4 Å². The minimum absolute atomic E-state index is 0.187. The van der Waals surface area contributed by atoms with Crippen molar-refractivity contribution in [1.82, 2.24) is 14.2 Å². The Morgan fingerprint density at radius 2 is 1.51 bits per heavy atom. The second-order valence-electron chi connectivity index (χ2n) is 9.44. The molecule has 0 aliphatic carbocycles. The zero-order valence-corrected chi connectivity index (χ0v) is 22.4. The number of fused-ring (bicyclic) bond motifs is 2. The Hall–Kier alpha value is -3.93. The van der Waals surface area contributed by atoms with Gasteiger partial charge in [-0.15, -0.1) is 0 Å². The third-order valence-corrected chi connectivity index (χ3v) is 9.82. The molecule has 1 aromatic heterocycles. The SMILES string of the molecule is O=C(Nc1nc2ccc(S(=O)(=O)N3CCCCC3)cc2s1)C(c1ccccc1)N1C(=O)c2ccccc2C1=O. The molecule has 11 heteroatoms. The van der Waals surface area contributed by atoms with Crippen molar-refractivity contribution in [2.24, 2.45) is 0 Å². The molecule has 198 valence electrons. The van der Waals surface area contributed by atoms with Gasteiger partial charge in [-0.05, 0) is 48.7 Å². The average Bonchev–Trinajstić information content (AvgIpc) is 3.47. The fourth-order valence-corrected chi connectivity index (χ4v) is 7.57. The van der Waals surface area contributed by atoms with Gasteiger partial charge < -0.3 is 0 Å². The fraction of sp³-hybridized carbons (Fsp3) is 0.214. The lowest BCUT2D eigenvalue weighted by Gasteiger charge is -2.25. The van der Waals surface area contributed by atoms with E-state index in [1.165, 1.54) is 10.4 Å². The van der Waals surface area contributed by atoms with Crippen molar-refractivity contribution in [3.63, 3.8) is 0 Å². The zero-order chi connectivity index (χ0) is 27.1. The number of sulfonamides is 1. The minimum Gasteiger partial charge on any atom is -0.300 e. The molecule has 2 aliphatic heterocycles. The fourth-order valence-electron chi connectivity index (χ4n) is 5.04. The van der Waals surface area contributed by atoms with E-state index >= 15 is 0 Å². The number of rotatable bonds is 6. The molecular weight excluding hydrogens is 536 g/mol. The van der Waals surface area contributed by atoms with E-state index in [0.29, 0.717) is 28.9 Å². The van der Waals surface area contributed by atoms with Crippen molar-refractivity contribution >= 4 is 54.4 Å². The normalized spacial score (nSPS) is 16.9. The highest BCUT2D eigenvalue weighted by molar-refractivity contribution is 7.89. The standard InChI is InChI=1S/C28H24N4O5S2/c33-25(24(18-9-3-1-4-10-18)32-26(34)20-11-5-6-12-21(20)27(32)35)30-28-29-22-14-13-19(17-23(22)38-28)39(36,37)31-15-7-2-8-16-31/h1,3-6,9-14,17,24H,2,7-8,15-16H2,(H,29,30,33). The Kier molecular flexibility index (Phi) is 6.49. The number of nitrogens with zero attached hydrogens (tertiary/aromatic N) is 3. The van der Waals surface area contributed by atoms with Crippen LogP contribution in [0.4, 0.5) is 5.13 Å². The van der Waals surface area contributed by atoms with Crippen molar-refractivity contribution in [3.05, 3.63) is 89.5 Å². The van der Waals surface area contributed by atoms with Gasteiger partial charge in [-0.25, -0.2) is 13.4 Å². The quantitative estimate of drug-likeness (QED) is 0.349. The molecule has 39 heavy (non-hydrogen) atoms. The molecule has 2 aliphatic rings. The second kappa shape index (κ2) is 9.99. The Morgan fingerprint density at radius 3 is 2.18 bits per heavy atom. The molecule has 1 fully saturated rings. The molecule has 1 atom stereocenters. The predicted molar refractivity (Wildman–Crippen MR) is 147 cm³/mol. The van der Waals surface area contributed by atoms with Crippen LogP contribution in [0, 0.1) is 0 Å². The van der Waals surface area contributed by atoms with Crippen LogP contribution in [0.2, 0.25) is 0 Å². The highest BCUT2D eigenvalue weighted by Gasteiger charge is 2.43. The van der Waals surface area contributed by atoms with Crippen LogP contribution < -0.4 is 5.32 Å². The van der Waals surface area contributed by atoms with E-state index in [1.807, 2.05) is 0 Å². The summed E-state index contributed by atoms with van der Waals surface area (Å²) in [6, 6.07) is 18.6. The number of nitrogens with one attached hydrogen (secondary N) is 1. The Balaban J connectivity index is 1.31. The van der Waals surface area contributed by atoms with Crippen LogP contribution in [0.5, 0.6) is 0 Å². The van der Waals surface area contributed by atoms with Crippen molar-refractivity contribution < 1.29 is 22.8 Å². The lowest BCUT2D eigenvalue weighted by Crippen LogP contribution is -2.40. The molecule has 0 radical (unpaired) electrons. The maximum Gasteiger partial charge on any atom is 0.262 e. The van der Waals surface area contributed by atoms with Gasteiger partial charge in [0, 0.05) is 13.1 Å². The molecule has 1 unspecified atom stereocenters. The molecule has 3 aromatic carbocycles. The van der Waals surface area contributed by atoms with Crippen LogP contribution >= 0.6 is 11.3 Å². The van der Waals surface area contributed by atoms with E-state index in [4.69, 9.17) is 0 Å². The number of piperidine rings is 1. The first-order valence-electron chi connectivity index (χ1n) is 12.6. The average molecular weight is 561 g/mol. The molecule has 1 N–H and O–H groups in total. The third-order valence-electron chi connectivity index (χ3n) is 6.99. The number of hydrogen-bond donors (Lipinski definition) is 1. The maximum atomic E-state index is 13.7. The summed E-state index contributed by atoms with van der Waals surface area (Å²) in [6.45, 7) is 1.01. The first kappa shape index (κ1) is 25.4. The highest BCUT2D eigenvalue weighted by atomic mass is 32.2. The van der Waals surface area contributed by atoms with E-state index in [2.05, 4.69) is 10.3 Å². The summed E-state index contributed by atoms with van der Waals surface area (Å²) in [5.41, 5.74) is 1.50. The summed E-state index contributed by atoms with van der Waals surface area (Å²) in [4.78, 5) is 45.7. The number of carbonyl (C=O) groups is 3. The van der Waals surface area contributed by atoms with E-state index in [1.54, 1.807) is 66.7 Å². The Morgan fingerprint density at radius 1 is 0.872 bits per heavy atom. The van der Waals surface area contributed by atoms with Crippen molar-refractivity contribution in [2.45, 2.75) is 30.2 Å². The number of hydrogen-bond acceptors (Lipinski definition) is 7. The number of anilines is 1. The third kappa shape index (κ3) is 4.52. The maximum absolute atomic E-state index is 13.7. The molecule has 3 amide bonds. The summed E-state index contributed by atoms with van der Waals surface area (Å²) in [7, 11) is -3.62. The number of aromatic nitrogens is 1. The number of imide groups is 1. The number of thiazole rings is 1. The first-order valence-corrected chi connectivity index (χ1v) is 14.8. The number of carbonyl (C=O) groups excluding carboxylic acids is 3. The van der Waals surface area contributed by atoms with Gasteiger partial charge in [0.05, 0.1) is 26.2 Å². The number of amides is 3. The van der Waals surface area contributed by atoms with Crippen molar-refractivity contribution in [2.75, 3.05) is 18.4 Å². The topological polar surface area (TPSA) is 117 Å². The van der Waals surface area contributed by atoms with Gasteiger partial charge in [0.2, 0.25) is 10.0 Å². The zero-order valence-electron chi connectivity index (χ0n) is 20.7. The van der Waals surface area contributed by atoms with E-state index in [-0.39, 0.29) is 21.2 Å². The van der Waals surface area contributed by atoms with E-state index < -0.39 is 33.8 Å². The summed E-state index contributed by atoms with van der Waals surface area (Å²) < 4.78 is 28.4.